The molecule has 0 radical (unpaired) electrons. The summed E-state index contributed by atoms with van der Waals surface area (Å²) in [5.74, 6) is 2.09. The van der Waals surface area contributed by atoms with E-state index in [4.69, 9.17) is 4.74 Å². The van der Waals surface area contributed by atoms with Gasteiger partial charge in [-0.1, -0.05) is 26.8 Å². The van der Waals surface area contributed by atoms with E-state index in [-0.39, 0.29) is 0 Å². The first kappa shape index (κ1) is 18.3. The summed E-state index contributed by atoms with van der Waals surface area (Å²) in [4.78, 5) is 3.79. The molecule has 0 aliphatic rings. The van der Waals surface area contributed by atoms with Gasteiger partial charge in [-0.05, 0) is 38.7 Å². The maximum Gasteiger partial charge on any atom is 0.124 e. The molecule has 0 amide bonds. The predicted molar refractivity (Wildman–Crippen MR) is 93.6 cm³/mol. The van der Waals surface area contributed by atoms with Crippen LogP contribution >= 0.6 is 11.8 Å². The number of benzene rings is 1. The molecule has 0 saturated heterocycles. The van der Waals surface area contributed by atoms with Crippen molar-refractivity contribution in [3.05, 3.63) is 23.8 Å². The molecule has 1 atom stereocenters. The molecule has 0 aliphatic heterocycles. The Balaban J connectivity index is 2.80. The molecule has 120 valence electrons. The fourth-order valence-electron chi connectivity index (χ4n) is 2.49. The first-order valence-corrected chi connectivity index (χ1v) is 8.91. The molecule has 4 heteroatoms. The number of nitrogens with one attached hydrogen (secondary N) is 1. The van der Waals surface area contributed by atoms with Gasteiger partial charge in [0, 0.05) is 28.8 Å². The van der Waals surface area contributed by atoms with Crippen LogP contribution < -0.4 is 10.1 Å². The van der Waals surface area contributed by atoms with E-state index in [1.165, 1.54) is 10.5 Å². The molecule has 0 spiro atoms. The smallest absolute Gasteiger partial charge is 0.124 e. The molecular formula is C17H30N2OS. The average molecular weight is 311 g/mol. The molecule has 1 unspecified atom stereocenters. The van der Waals surface area contributed by atoms with Gasteiger partial charge >= 0.3 is 0 Å². The van der Waals surface area contributed by atoms with Crippen molar-refractivity contribution in [3.63, 3.8) is 0 Å². The first-order valence-electron chi connectivity index (χ1n) is 7.93. The predicted octanol–water partition coefficient (Wildman–Crippen LogP) is 3.80. The van der Waals surface area contributed by atoms with Gasteiger partial charge in [0.2, 0.25) is 0 Å². The zero-order chi connectivity index (χ0) is 15.7. The van der Waals surface area contributed by atoms with Crippen LogP contribution in [0.15, 0.2) is 23.1 Å². The number of methoxy groups -OCH3 is 1. The maximum absolute atomic E-state index is 5.56. The Labute approximate surface area is 134 Å². The third kappa shape index (κ3) is 5.53. The van der Waals surface area contributed by atoms with Crippen molar-refractivity contribution >= 4 is 11.8 Å². The highest BCUT2D eigenvalue weighted by Gasteiger charge is 2.15. The Morgan fingerprint density at radius 1 is 1.24 bits per heavy atom. The third-order valence-electron chi connectivity index (χ3n) is 3.75. The van der Waals surface area contributed by atoms with Gasteiger partial charge in [0.05, 0.1) is 7.11 Å². The molecule has 0 heterocycles. The standard InChI is InChI=1S/C17H30N2OS/c1-6-18-14(4)17-15(20-5)10-9-11-16(17)21-13-12-19(7-2)8-3/h9-11,14,18H,6-8,12-13H2,1-5H3. The molecule has 1 rings (SSSR count). The van der Waals surface area contributed by atoms with E-state index >= 15 is 0 Å². The Bertz CT molecular complexity index is 408. The molecule has 0 aliphatic carbocycles. The van der Waals surface area contributed by atoms with Crippen LogP contribution in [0.4, 0.5) is 0 Å². The quantitative estimate of drug-likeness (QED) is 0.664. The third-order valence-corrected chi connectivity index (χ3v) is 4.80. The minimum absolute atomic E-state index is 0.308. The van der Waals surface area contributed by atoms with E-state index in [0.29, 0.717) is 6.04 Å². The Morgan fingerprint density at radius 3 is 2.52 bits per heavy atom. The first-order chi connectivity index (χ1) is 10.2. The van der Waals surface area contributed by atoms with Crippen LogP contribution in [-0.2, 0) is 0 Å². The average Bonchev–Trinajstić information content (AvgIpc) is 2.51. The Kier molecular flexibility index (Phi) is 8.81. The van der Waals surface area contributed by atoms with Crippen LogP contribution in [0, 0.1) is 0 Å². The molecule has 1 N–H and O–H groups in total. The lowest BCUT2D eigenvalue weighted by molar-refractivity contribution is 0.324. The van der Waals surface area contributed by atoms with Crippen molar-refractivity contribution in [2.75, 3.05) is 39.0 Å². The Hall–Kier alpha value is -0.710. The van der Waals surface area contributed by atoms with Crippen LogP contribution in [0.1, 0.15) is 39.3 Å². The van der Waals surface area contributed by atoms with Crippen LogP contribution in [0.25, 0.3) is 0 Å². The highest BCUT2D eigenvalue weighted by molar-refractivity contribution is 7.99. The highest BCUT2D eigenvalue weighted by Crippen LogP contribution is 2.34. The lowest BCUT2D eigenvalue weighted by Gasteiger charge is -2.21. The van der Waals surface area contributed by atoms with Crippen molar-refractivity contribution < 1.29 is 4.74 Å². The fraction of sp³-hybridized carbons (Fsp3) is 0.647. The maximum atomic E-state index is 5.56. The molecule has 21 heavy (non-hydrogen) atoms. The van der Waals surface area contributed by atoms with E-state index in [0.717, 1.165) is 37.7 Å². The van der Waals surface area contributed by atoms with Crippen molar-refractivity contribution in [1.82, 2.24) is 10.2 Å². The van der Waals surface area contributed by atoms with E-state index in [9.17, 15) is 0 Å². The lowest BCUT2D eigenvalue weighted by Crippen LogP contribution is -2.25. The summed E-state index contributed by atoms with van der Waals surface area (Å²) in [6.07, 6.45) is 0. The number of hydrogen-bond donors (Lipinski definition) is 1. The van der Waals surface area contributed by atoms with Gasteiger partial charge in [-0.15, -0.1) is 11.8 Å². The summed E-state index contributed by atoms with van der Waals surface area (Å²) < 4.78 is 5.56. The summed E-state index contributed by atoms with van der Waals surface area (Å²) in [6.45, 7) is 13.1. The molecule has 1 aromatic carbocycles. The second-order valence-electron chi connectivity index (χ2n) is 5.03. The lowest BCUT2D eigenvalue weighted by atomic mass is 10.1. The van der Waals surface area contributed by atoms with Crippen molar-refractivity contribution in [2.45, 2.75) is 38.6 Å². The zero-order valence-corrected chi connectivity index (χ0v) is 14.9. The van der Waals surface area contributed by atoms with Crippen LogP contribution in [-0.4, -0.2) is 43.9 Å². The van der Waals surface area contributed by atoms with Crippen molar-refractivity contribution in [1.29, 1.82) is 0 Å². The van der Waals surface area contributed by atoms with Gasteiger partial charge in [-0.25, -0.2) is 0 Å². The summed E-state index contributed by atoms with van der Waals surface area (Å²) in [5, 5.41) is 3.49. The summed E-state index contributed by atoms with van der Waals surface area (Å²) in [5.41, 5.74) is 1.28. The number of thioether (sulfide) groups is 1. The van der Waals surface area contributed by atoms with E-state index in [2.05, 4.69) is 56.1 Å². The van der Waals surface area contributed by atoms with E-state index < -0.39 is 0 Å². The highest BCUT2D eigenvalue weighted by atomic mass is 32.2. The number of rotatable bonds is 10. The van der Waals surface area contributed by atoms with Gasteiger partial charge in [-0.2, -0.15) is 0 Å². The summed E-state index contributed by atoms with van der Waals surface area (Å²) >= 11 is 1.93. The topological polar surface area (TPSA) is 24.5 Å². The monoisotopic (exact) mass is 310 g/mol. The minimum atomic E-state index is 0.308. The summed E-state index contributed by atoms with van der Waals surface area (Å²) in [6, 6.07) is 6.65. The molecular weight excluding hydrogens is 280 g/mol. The van der Waals surface area contributed by atoms with Crippen LogP contribution in [0.2, 0.25) is 0 Å². The minimum Gasteiger partial charge on any atom is -0.496 e. The molecule has 1 aromatic rings. The van der Waals surface area contributed by atoms with Crippen LogP contribution in [0.3, 0.4) is 0 Å². The summed E-state index contributed by atoms with van der Waals surface area (Å²) in [7, 11) is 1.75. The van der Waals surface area contributed by atoms with Gasteiger partial charge in [-0.3, -0.25) is 0 Å². The second kappa shape index (κ2) is 10.1. The second-order valence-corrected chi connectivity index (χ2v) is 6.16. The van der Waals surface area contributed by atoms with Gasteiger partial charge < -0.3 is 15.0 Å². The largest absolute Gasteiger partial charge is 0.496 e. The molecule has 0 saturated carbocycles. The number of ether oxygens (including phenoxy) is 1. The molecule has 0 aromatic heterocycles. The van der Waals surface area contributed by atoms with Crippen LogP contribution in [0.5, 0.6) is 5.75 Å². The number of nitrogens with zero attached hydrogens (tertiary/aromatic N) is 1. The SMILES string of the molecule is CCNC(C)c1c(OC)cccc1SCCN(CC)CC. The van der Waals surface area contributed by atoms with Crippen molar-refractivity contribution in [3.8, 4) is 5.75 Å². The van der Waals surface area contributed by atoms with Gasteiger partial charge in [0.1, 0.15) is 5.75 Å². The molecule has 0 fully saturated rings. The molecule has 0 bridgehead atoms. The molecule has 3 nitrogen and oxygen atoms in total. The zero-order valence-electron chi connectivity index (χ0n) is 14.1. The van der Waals surface area contributed by atoms with Crippen molar-refractivity contribution in [2.24, 2.45) is 0 Å². The normalized spacial score (nSPS) is 12.7. The fourth-order valence-corrected chi connectivity index (χ4v) is 3.66. The van der Waals surface area contributed by atoms with E-state index in [1.807, 2.05) is 11.8 Å². The Morgan fingerprint density at radius 2 is 1.95 bits per heavy atom. The number of hydrogen-bond acceptors (Lipinski definition) is 4. The van der Waals surface area contributed by atoms with E-state index in [1.54, 1.807) is 7.11 Å². The van der Waals surface area contributed by atoms with Gasteiger partial charge in [0.15, 0.2) is 0 Å². The van der Waals surface area contributed by atoms with Gasteiger partial charge in [0.25, 0.3) is 0 Å².